The van der Waals surface area contributed by atoms with Crippen molar-refractivity contribution in [3.8, 4) is 6.07 Å². The topological polar surface area (TPSA) is 111 Å². The summed E-state index contributed by atoms with van der Waals surface area (Å²) in [6.45, 7) is 9.40. The van der Waals surface area contributed by atoms with Gasteiger partial charge in [-0.05, 0) is 55.9 Å². The number of alkyl halides is 3. The first-order chi connectivity index (χ1) is 23.1. The zero-order chi connectivity index (χ0) is 33.8. The van der Waals surface area contributed by atoms with E-state index in [1.54, 1.807) is 13.2 Å². The zero-order valence-electron chi connectivity index (χ0n) is 27.1. The van der Waals surface area contributed by atoms with E-state index in [1.165, 1.54) is 12.4 Å². The Bertz CT molecular complexity index is 1690. The largest absolute Gasteiger partial charge is 0.501 e. The van der Waals surface area contributed by atoms with E-state index in [0.29, 0.717) is 28.3 Å². The molecule has 0 aromatic carbocycles. The number of fused-ring (bicyclic) bond motifs is 2. The zero-order valence-corrected chi connectivity index (χ0v) is 27.9. The summed E-state index contributed by atoms with van der Waals surface area (Å²) in [5.41, 5.74) is 2.86. The molecule has 2 saturated heterocycles. The lowest BCUT2D eigenvalue weighted by Crippen LogP contribution is -2.45. The molecule has 3 aliphatic rings. The van der Waals surface area contributed by atoms with Crippen molar-refractivity contribution in [2.45, 2.75) is 63.3 Å². The van der Waals surface area contributed by atoms with Crippen LogP contribution in [0.25, 0.3) is 16.3 Å². The van der Waals surface area contributed by atoms with Crippen LogP contribution in [0.15, 0.2) is 36.9 Å². The molecule has 0 radical (unpaired) electrons. The van der Waals surface area contributed by atoms with Gasteiger partial charge in [-0.25, -0.2) is 9.97 Å². The number of aromatic nitrogens is 3. The molecule has 0 bridgehead atoms. The van der Waals surface area contributed by atoms with Crippen molar-refractivity contribution in [3.63, 3.8) is 0 Å². The maximum atomic E-state index is 13.0. The number of ether oxygens (including phenoxy) is 1. The van der Waals surface area contributed by atoms with Crippen LogP contribution in [0.1, 0.15) is 47.5 Å². The first-order valence-corrected chi connectivity index (χ1v) is 17.3. The van der Waals surface area contributed by atoms with E-state index >= 15 is 0 Å². The lowest BCUT2D eigenvalue weighted by Gasteiger charge is -2.36. The van der Waals surface area contributed by atoms with Gasteiger partial charge in [-0.2, -0.15) is 18.4 Å². The summed E-state index contributed by atoms with van der Waals surface area (Å²) < 4.78 is 46.9. The van der Waals surface area contributed by atoms with Crippen LogP contribution in [0.3, 0.4) is 0 Å². The van der Waals surface area contributed by atoms with Crippen molar-refractivity contribution < 1.29 is 22.7 Å². The fourth-order valence-electron chi connectivity index (χ4n) is 7.16. The molecule has 6 rings (SSSR count). The van der Waals surface area contributed by atoms with Crippen molar-refractivity contribution >= 4 is 39.4 Å². The highest BCUT2D eigenvalue weighted by Gasteiger charge is 2.31. The van der Waals surface area contributed by atoms with Crippen molar-refractivity contribution in [1.82, 2.24) is 29.7 Å². The van der Waals surface area contributed by atoms with Gasteiger partial charge in [0.25, 0.3) is 0 Å². The van der Waals surface area contributed by atoms with Crippen molar-refractivity contribution in [3.05, 3.63) is 58.7 Å². The Balaban J connectivity index is 1.03. The maximum Gasteiger partial charge on any atom is 0.393 e. The second-order valence-electron chi connectivity index (χ2n) is 12.8. The number of likely N-dealkylation sites (tertiary alicyclic amines) is 2. The summed E-state index contributed by atoms with van der Waals surface area (Å²) in [5, 5.41) is 17.1. The standard InChI is InChI=1S/C34H41F3N8O2S/c1-3-31(46)41-24-4-8-43(9-5-24)12-13-45-26(19-38)15-22-14-23(30(47-2)17-29(22)45)20-44-10-6-25(7-11-44)42-32-28-16-27(18-34(35,36)37)48-33(28)40-21-39-32/h3,15-17,21,23-25H,1,4-14,18,20H2,2H3,(H,41,46)(H,39,40,42). The Morgan fingerprint density at radius 1 is 1.12 bits per heavy atom. The third kappa shape index (κ3) is 8.02. The van der Waals surface area contributed by atoms with Crippen LogP contribution in [0.2, 0.25) is 0 Å². The van der Waals surface area contributed by atoms with Gasteiger partial charge in [-0.3, -0.25) is 4.79 Å². The van der Waals surface area contributed by atoms with E-state index < -0.39 is 12.6 Å². The number of hydrogen-bond acceptors (Lipinski definition) is 9. The summed E-state index contributed by atoms with van der Waals surface area (Å²) in [7, 11) is 1.71. The van der Waals surface area contributed by atoms with Crippen molar-refractivity contribution in [1.29, 1.82) is 5.26 Å². The van der Waals surface area contributed by atoms with Gasteiger partial charge < -0.3 is 29.7 Å². The minimum Gasteiger partial charge on any atom is -0.501 e. The molecule has 48 heavy (non-hydrogen) atoms. The van der Waals surface area contributed by atoms with E-state index in [-0.39, 0.29) is 28.8 Å². The number of nitriles is 1. The Morgan fingerprint density at radius 2 is 1.85 bits per heavy atom. The molecule has 14 heteroatoms. The molecule has 2 N–H and O–H groups in total. The minimum atomic E-state index is -4.26. The number of nitrogens with one attached hydrogen (secondary N) is 2. The highest BCUT2D eigenvalue weighted by molar-refractivity contribution is 7.18. The smallest absolute Gasteiger partial charge is 0.393 e. The summed E-state index contributed by atoms with van der Waals surface area (Å²) >= 11 is 1.06. The van der Waals surface area contributed by atoms with E-state index in [4.69, 9.17) is 4.74 Å². The molecule has 0 saturated carbocycles. The van der Waals surface area contributed by atoms with Gasteiger partial charge in [-0.1, -0.05) is 6.58 Å². The molecule has 2 fully saturated rings. The van der Waals surface area contributed by atoms with Crippen LogP contribution in [-0.4, -0.2) is 94.9 Å². The third-order valence-corrected chi connectivity index (χ3v) is 10.7. The SMILES string of the molecule is C=CC(=O)NC1CCN(CCn2c(C#N)cc3c2C=C(OC)C(CN2CCC(Nc4ncnc5sc(CC(F)(F)F)cc45)CC2)C3)CC1. The number of thiophene rings is 1. The van der Waals surface area contributed by atoms with Gasteiger partial charge >= 0.3 is 6.18 Å². The molecule has 3 aromatic heterocycles. The lowest BCUT2D eigenvalue weighted by molar-refractivity contribution is -0.126. The number of methoxy groups -OCH3 is 1. The summed E-state index contributed by atoms with van der Waals surface area (Å²) in [5.74, 6) is 1.54. The molecule has 1 unspecified atom stereocenters. The predicted molar refractivity (Wildman–Crippen MR) is 179 cm³/mol. The average Bonchev–Trinajstić information content (AvgIpc) is 3.64. The molecule has 0 spiro atoms. The molecule has 1 aliphatic carbocycles. The molecule has 5 heterocycles. The maximum absolute atomic E-state index is 13.0. The minimum absolute atomic E-state index is 0.128. The van der Waals surface area contributed by atoms with Gasteiger partial charge in [0.1, 0.15) is 34.5 Å². The first kappa shape index (κ1) is 34.0. The summed E-state index contributed by atoms with van der Waals surface area (Å²) in [6, 6.07) is 6.30. The molecule has 1 atom stereocenters. The molecule has 10 nitrogen and oxygen atoms in total. The molecule has 256 valence electrons. The van der Waals surface area contributed by atoms with Gasteiger partial charge in [0.2, 0.25) is 5.91 Å². The van der Waals surface area contributed by atoms with Crippen LogP contribution < -0.4 is 10.6 Å². The summed E-state index contributed by atoms with van der Waals surface area (Å²) in [6.07, 6.45) is 3.92. The lowest BCUT2D eigenvalue weighted by atomic mass is 9.90. The number of carbonyl (C=O) groups is 1. The Hall–Kier alpha value is -3.93. The molecule has 1 amide bonds. The summed E-state index contributed by atoms with van der Waals surface area (Å²) in [4.78, 5) is 25.8. The van der Waals surface area contributed by atoms with E-state index in [9.17, 15) is 23.2 Å². The molecular weight excluding hydrogens is 641 g/mol. The normalized spacial score (nSPS) is 19.8. The number of rotatable bonds is 11. The number of hydrogen-bond donors (Lipinski definition) is 2. The Labute approximate surface area is 282 Å². The van der Waals surface area contributed by atoms with E-state index in [1.807, 2.05) is 6.07 Å². The second kappa shape index (κ2) is 14.7. The quantitative estimate of drug-likeness (QED) is 0.273. The van der Waals surface area contributed by atoms with E-state index in [2.05, 4.69) is 53.7 Å². The number of carbonyl (C=O) groups excluding carboxylic acids is 1. The number of halogens is 3. The molecule has 2 aliphatic heterocycles. The van der Waals surface area contributed by atoms with Crippen LogP contribution in [0.4, 0.5) is 19.0 Å². The van der Waals surface area contributed by atoms with Gasteiger partial charge in [0.05, 0.1) is 18.9 Å². The predicted octanol–water partition coefficient (Wildman–Crippen LogP) is 4.97. The first-order valence-electron chi connectivity index (χ1n) is 16.4. The van der Waals surface area contributed by atoms with Crippen LogP contribution in [0, 0.1) is 17.2 Å². The van der Waals surface area contributed by atoms with Crippen molar-refractivity contribution in [2.24, 2.45) is 5.92 Å². The van der Waals surface area contributed by atoms with E-state index in [0.717, 1.165) is 99.7 Å². The van der Waals surface area contributed by atoms with Gasteiger partial charge in [0, 0.05) is 80.5 Å². The van der Waals surface area contributed by atoms with Crippen LogP contribution in [0.5, 0.6) is 0 Å². The highest BCUT2D eigenvalue weighted by atomic mass is 32.1. The number of amides is 1. The average molecular weight is 683 g/mol. The Kier molecular flexibility index (Phi) is 10.4. The van der Waals surface area contributed by atoms with Crippen LogP contribution in [-0.2, 0) is 28.9 Å². The molecular formula is C34H41F3N8O2S. The van der Waals surface area contributed by atoms with Crippen molar-refractivity contribution in [2.75, 3.05) is 51.7 Å². The van der Waals surface area contributed by atoms with Gasteiger partial charge in [0.15, 0.2) is 0 Å². The number of piperidine rings is 2. The van der Waals surface area contributed by atoms with Crippen LogP contribution >= 0.6 is 11.3 Å². The molecule has 3 aromatic rings. The fourth-order valence-corrected chi connectivity index (χ4v) is 8.19. The number of nitrogens with zero attached hydrogens (tertiary/aromatic N) is 6. The third-order valence-electron chi connectivity index (χ3n) is 9.64. The highest BCUT2D eigenvalue weighted by Crippen LogP contribution is 2.35. The monoisotopic (exact) mass is 682 g/mol. The second-order valence-corrected chi connectivity index (χ2v) is 14.0. The Morgan fingerprint density at radius 3 is 2.54 bits per heavy atom. The fraction of sp³-hybridized carbons (Fsp3) is 0.529. The van der Waals surface area contributed by atoms with Gasteiger partial charge in [-0.15, -0.1) is 11.3 Å². The number of anilines is 1.